The van der Waals surface area contributed by atoms with E-state index >= 15 is 0 Å². The molecule has 1 aromatic rings. The SMILES string of the molecule is Cc1cc(C(=O)O[C@H](C)C(=O)NC2CCCC2)ccc1[N+](=O)[O-]. The van der Waals surface area contributed by atoms with Crippen LogP contribution in [0.15, 0.2) is 18.2 Å². The summed E-state index contributed by atoms with van der Waals surface area (Å²) in [5.74, 6) is -0.985. The molecule has 1 N–H and O–H groups in total. The number of nitrogens with zero attached hydrogens (tertiary/aromatic N) is 1. The number of nitrogens with one attached hydrogen (secondary N) is 1. The van der Waals surface area contributed by atoms with Gasteiger partial charge in [0.25, 0.3) is 11.6 Å². The van der Waals surface area contributed by atoms with Gasteiger partial charge >= 0.3 is 5.97 Å². The zero-order valence-corrected chi connectivity index (χ0v) is 13.2. The Hall–Kier alpha value is -2.44. The number of nitro groups is 1. The standard InChI is InChI=1S/C16H20N2O5/c1-10-9-12(7-8-14(10)18(21)22)16(20)23-11(2)15(19)17-13-5-3-4-6-13/h7-9,11,13H,3-6H2,1-2H3,(H,17,19)/t11-/m1/s1. The largest absolute Gasteiger partial charge is 0.449 e. The van der Waals surface area contributed by atoms with Crippen molar-refractivity contribution in [3.63, 3.8) is 0 Å². The van der Waals surface area contributed by atoms with E-state index in [2.05, 4.69) is 5.32 Å². The molecule has 0 spiro atoms. The van der Waals surface area contributed by atoms with Crippen molar-refractivity contribution in [3.8, 4) is 0 Å². The van der Waals surface area contributed by atoms with Crippen LogP contribution < -0.4 is 5.32 Å². The van der Waals surface area contributed by atoms with Crippen molar-refractivity contribution in [2.75, 3.05) is 0 Å². The molecular formula is C16H20N2O5. The number of carbonyl (C=O) groups excluding carboxylic acids is 2. The number of carbonyl (C=O) groups is 2. The Morgan fingerprint density at radius 1 is 1.35 bits per heavy atom. The maximum atomic E-state index is 12.1. The Morgan fingerprint density at radius 3 is 2.57 bits per heavy atom. The van der Waals surface area contributed by atoms with E-state index in [0.717, 1.165) is 25.7 Å². The first-order chi connectivity index (χ1) is 10.9. The third-order valence-electron chi connectivity index (χ3n) is 3.98. The molecule has 2 rings (SSSR count). The number of hydrogen-bond acceptors (Lipinski definition) is 5. The van der Waals surface area contributed by atoms with E-state index in [-0.39, 0.29) is 23.2 Å². The van der Waals surface area contributed by atoms with Gasteiger partial charge in [0.1, 0.15) is 0 Å². The highest BCUT2D eigenvalue weighted by Gasteiger charge is 2.24. The van der Waals surface area contributed by atoms with Crippen LogP contribution >= 0.6 is 0 Å². The fraction of sp³-hybridized carbons (Fsp3) is 0.500. The number of benzene rings is 1. The van der Waals surface area contributed by atoms with Crippen LogP contribution in [0.2, 0.25) is 0 Å². The van der Waals surface area contributed by atoms with E-state index in [1.807, 2.05) is 0 Å². The number of hydrogen-bond donors (Lipinski definition) is 1. The summed E-state index contributed by atoms with van der Waals surface area (Å²) in [5.41, 5.74) is 0.495. The van der Waals surface area contributed by atoms with Gasteiger partial charge in [-0.2, -0.15) is 0 Å². The van der Waals surface area contributed by atoms with Gasteiger partial charge in [-0.3, -0.25) is 14.9 Å². The van der Waals surface area contributed by atoms with Gasteiger partial charge in [0.15, 0.2) is 6.10 Å². The lowest BCUT2D eigenvalue weighted by atomic mass is 10.1. The normalized spacial score (nSPS) is 15.9. The minimum atomic E-state index is -0.904. The zero-order chi connectivity index (χ0) is 17.0. The molecule has 1 amide bonds. The van der Waals surface area contributed by atoms with Gasteiger partial charge < -0.3 is 10.1 Å². The van der Waals surface area contributed by atoms with Gasteiger partial charge in [-0.25, -0.2) is 4.79 Å². The minimum Gasteiger partial charge on any atom is -0.449 e. The Bertz CT molecular complexity index is 623. The summed E-state index contributed by atoms with van der Waals surface area (Å²) in [6.07, 6.45) is 3.20. The second kappa shape index (κ2) is 7.21. The first-order valence-electron chi connectivity index (χ1n) is 7.65. The van der Waals surface area contributed by atoms with Gasteiger partial charge in [0.2, 0.25) is 0 Å². The van der Waals surface area contributed by atoms with E-state index in [4.69, 9.17) is 4.74 Å². The lowest BCUT2D eigenvalue weighted by Gasteiger charge is -2.17. The average Bonchev–Trinajstić information content (AvgIpc) is 2.99. The molecule has 7 nitrogen and oxygen atoms in total. The van der Waals surface area contributed by atoms with Gasteiger partial charge in [0.05, 0.1) is 10.5 Å². The van der Waals surface area contributed by atoms with Crippen molar-refractivity contribution in [3.05, 3.63) is 39.4 Å². The fourth-order valence-electron chi connectivity index (χ4n) is 2.66. The van der Waals surface area contributed by atoms with Crippen molar-refractivity contribution in [2.45, 2.75) is 51.7 Å². The van der Waals surface area contributed by atoms with E-state index < -0.39 is 17.0 Å². The Labute approximate surface area is 134 Å². The molecule has 0 bridgehead atoms. The molecular weight excluding hydrogens is 300 g/mol. The number of amides is 1. The van der Waals surface area contributed by atoms with Gasteiger partial charge in [0, 0.05) is 17.7 Å². The summed E-state index contributed by atoms with van der Waals surface area (Å²) in [5, 5.41) is 13.6. The van der Waals surface area contributed by atoms with E-state index in [0.29, 0.717) is 5.56 Å². The summed E-state index contributed by atoms with van der Waals surface area (Å²) < 4.78 is 5.14. The smallest absolute Gasteiger partial charge is 0.338 e. The molecule has 0 saturated heterocycles. The predicted octanol–water partition coefficient (Wildman–Crippen LogP) is 2.51. The van der Waals surface area contributed by atoms with Crippen molar-refractivity contribution in [1.82, 2.24) is 5.32 Å². The van der Waals surface area contributed by atoms with Crippen LogP contribution in [0.3, 0.4) is 0 Å². The summed E-state index contributed by atoms with van der Waals surface area (Å²) in [4.78, 5) is 34.3. The first-order valence-corrected chi connectivity index (χ1v) is 7.65. The van der Waals surface area contributed by atoms with E-state index in [9.17, 15) is 19.7 Å². The Kier molecular flexibility index (Phi) is 5.31. The molecule has 23 heavy (non-hydrogen) atoms. The van der Waals surface area contributed by atoms with Crippen LogP contribution in [0, 0.1) is 17.0 Å². The number of nitro benzene ring substituents is 1. The quantitative estimate of drug-likeness (QED) is 0.510. The minimum absolute atomic E-state index is 0.0615. The molecule has 1 aliphatic rings. The summed E-state index contributed by atoms with van der Waals surface area (Å²) >= 11 is 0. The van der Waals surface area contributed by atoms with Crippen LogP contribution in [0.25, 0.3) is 0 Å². The number of ether oxygens (including phenoxy) is 1. The van der Waals surface area contributed by atoms with Crippen LogP contribution in [0.5, 0.6) is 0 Å². The molecule has 0 unspecified atom stereocenters. The monoisotopic (exact) mass is 320 g/mol. The van der Waals surface area contributed by atoms with Crippen LogP contribution in [-0.4, -0.2) is 28.9 Å². The molecule has 0 aliphatic heterocycles. The Morgan fingerprint density at radius 2 is 2.00 bits per heavy atom. The zero-order valence-electron chi connectivity index (χ0n) is 13.2. The molecule has 1 aromatic carbocycles. The van der Waals surface area contributed by atoms with E-state index in [1.165, 1.54) is 25.1 Å². The second-order valence-electron chi connectivity index (χ2n) is 5.80. The summed E-state index contributed by atoms with van der Waals surface area (Å²) in [6.45, 7) is 3.06. The van der Waals surface area contributed by atoms with Gasteiger partial charge in [-0.15, -0.1) is 0 Å². The van der Waals surface area contributed by atoms with Gasteiger partial charge in [-0.1, -0.05) is 12.8 Å². The molecule has 1 atom stereocenters. The number of rotatable bonds is 5. The topological polar surface area (TPSA) is 98.5 Å². The Balaban J connectivity index is 1.96. The molecule has 1 fully saturated rings. The molecule has 0 aromatic heterocycles. The molecule has 0 radical (unpaired) electrons. The first kappa shape index (κ1) is 16.9. The van der Waals surface area contributed by atoms with E-state index in [1.54, 1.807) is 6.92 Å². The van der Waals surface area contributed by atoms with Crippen molar-refractivity contribution in [2.24, 2.45) is 0 Å². The number of esters is 1. The van der Waals surface area contributed by atoms with Crippen molar-refractivity contribution < 1.29 is 19.2 Å². The molecule has 1 saturated carbocycles. The molecule has 124 valence electrons. The number of aryl methyl sites for hydroxylation is 1. The molecule has 1 aliphatic carbocycles. The highest BCUT2D eigenvalue weighted by molar-refractivity contribution is 5.92. The summed E-state index contributed by atoms with van der Waals surface area (Å²) in [7, 11) is 0. The second-order valence-corrected chi connectivity index (χ2v) is 5.80. The van der Waals surface area contributed by atoms with Gasteiger partial charge in [-0.05, 0) is 38.8 Å². The maximum absolute atomic E-state index is 12.1. The predicted molar refractivity (Wildman–Crippen MR) is 83.1 cm³/mol. The van der Waals surface area contributed by atoms with Crippen molar-refractivity contribution >= 4 is 17.6 Å². The van der Waals surface area contributed by atoms with Crippen LogP contribution in [0.4, 0.5) is 5.69 Å². The highest BCUT2D eigenvalue weighted by Crippen LogP contribution is 2.20. The summed E-state index contributed by atoms with van der Waals surface area (Å²) in [6, 6.07) is 4.14. The average molecular weight is 320 g/mol. The molecule has 0 heterocycles. The van der Waals surface area contributed by atoms with Crippen LogP contribution in [0.1, 0.15) is 48.5 Å². The molecule has 7 heteroatoms. The highest BCUT2D eigenvalue weighted by atomic mass is 16.6. The third-order valence-corrected chi connectivity index (χ3v) is 3.98. The maximum Gasteiger partial charge on any atom is 0.338 e. The van der Waals surface area contributed by atoms with Crippen LogP contribution in [-0.2, 0) is 9.53 Å². The third kappa shape index (κ3) is 4.28. The van der Waals surface area contributed by atoms with Crippen molar-refractivity contribution in [1.29, 1.82) is 0 Å². The lowest BCUT2D eigenvalue weighted by molar-refractivity contribution is -0.385. The fourth-order valence-corrected chi connectivity index (χ4v) is 2.66. The lowest BCUT2D eigenvalue weighted by Crippen LogP contribution is -2.40.